The molecule has 0 unspecified atom stereocenters. The zero-order valence-electron chi connectivity index (χ0n) is 9.79. The van der Waals surface area contributed by atoms with Crippen LogP contribution in [0.3, 0.4) is 0 Å². The minimum atomic E-state index is 0.658. The van der Waals surface area contributed by atoms with Gasteiger partial charge in [0.15, 0.2) is 0 Å². The van der Waals surface area contributed by atoms with Gasteiger partial charge in [0.25, 0.3) is 0 Å². The molecule has 2 aromatic heterocycles. The van der Waals surface area contributed by atoms with Crippen LogP contribution >= 0.6 is 11.3 Å². The van der Waals surface area contributed by atoms with Gasteiger partial charge in [-0.25, -0.2) is 9.50 Å². The van der Waals surface area contributed by atoms with Crippen molar-refractivity contribution in [1.29, 1.82) is 5.26 Å². The van der Waals surface area contributed by atoms with E-state index in [1.165, 1.54) is 0 Å². The fourth-order valence-electron chi connectivity index (χ4n) is 1.74. The molecule has 0 bridgehead atoms. The number of imidazole rings is 1. The molecule has 0 aliphatic rings. The highest BCUT2D eigenvalue weighted by Gasteiger charge is 2.08. The van der Waals surface area contributed by atoms with Crippen LogP contribution in [0.5, 0.6) is 0 Å². The standard InChI is InChI=1S/C13H10N4S/c1-2-12-16-17-8-11(15-13(17)18-12)10-5-3-9(7-14)4-6-10/h3-6,8H,2H2,1H3. The van der Waals surface area contributed by atoms with E-state index in [9.17, 15) is 0 Å². The molecule has 4 nitrogen and oxygen atoms in total. The van der Waals surface area contributed by atoms with Crippen molar-refractivity contribution in [1.82, 2.24) is 14.6 Å². The molecule has 88 valence electrons. The zero-order chi connectivity index (χ0) is 12.5. The van der Waals surface area contributed by atoms with Gasteiger partial charge in [-0.1, -0.05) is 30.4 Å². The lowest BCUT2D eigenvalue weighted by Crippen LogP contribution is -1.83. The summed E-state index contributed by atoms with van der Waals surface area (Å²) in [6.07, 6.45) is 2.85. The molecule has 3 rings (SSSR count). The van der Waals surface area contributed by atoms with Crippen LogP contribution < -0.4 is 0 Å². The number of aryl methyl sites for hydroxylation is 1. The molecular formula is C13H10N4S. The summed E-state index contributed by atoms with van der Waals surface area (Å²) in [4.78, 5) is 5.45. The first-order valence-corrected chi connectivity index (χ1v) is 6.47. The van der Waals surface area contributed by atoms with Crippen molar-refractivity contribution < 1.29 is 0 Å². The Morgan fingerprint density at radius 2 is 2.11 bits per heavy atom. The van der Waals surface area contributed by atoms with E-state index in [4.69, 9.17) is 5.26 Å². The summed E-state index contributed by atoms with van der Waals surface area (Å²) in [6, 6.07) is 9.52. The van der Waals surface area contributed by atoms with Crippen molar-refractivity contribution in [3.05, 3.63) is 41.0 Å². The predicted octanol–water partition coefficient (Wildman–Crippen LogP) is 2.89. The molecule has 0 fully saturated rings. The first kappa shape index (κ1) is 10.9. The van der Waals surface area contributed by atoms with Crippen LogP contribution in [-0.4, -0.2) is 14.6 Å². The lowest BCUT2D eigenvalue weighted by Gasteiger charge is -1.95. The molecule has 3 aromatic rings. The van der Waals surface area contributed by atoms with Crippen LogP contribution in [-0.2, 0) is 6.42 Å². The van der Waals surface area contributed by atoms with E-state index in [0.29, 0.717) is 5.56 Å². The Balaban J connectivity index is 2.02. The van der Waals surface area contributed by atoms with Crippen LogP contribution in [0.2, 0.25) is 0 Å². The lowest BCUT2D eigenvalue weighted by atomic mass is 10.1. The summed E-state index contributed by atoms with van der Waals surface area (Å²) in [5.41, 5.74) is 2.55. The Labute approximate surface area is 108 Å². The second-order valence-electron chi connectivity index (χ2n) is 3.89. The van der Waals surface area contributed by atoms with Gasteiger partial charge in [0.05, 0.1) is 23.5 Å². The van der Waals surface area contributed by atoms with Crippen LogP contribution in [0.25, 0.3) is 16.2 Å². The molecule has 0 N–H and O–H groups in total. The second kappa shape index (κ2) is 4.24. The molecule has 5 heteroatoms. The summed E-state index contributed by atoms with van der Waals surface area (Å²) < 4.78 is 1.82. The third kappa shape index (κ3) is 1.77. The number of hydrogen-bond acceptors (Lipinski definition) is 4. The van der Waals surface area contributed by atoms with E-state index >= 15 is 0 Å². The lowest BCUT2D eigenvalue weighted by molar-refractivity contribution is 0.910. The Kier molecular flexibility index (Phi) is 2.58. The Morgan fingerprint density at radius 3 is 2.72 bits per heavy atom. The number of benzene rings is 1. The Bertz CT molecular complexity index is 699. The minimum Gasteiger partial charge on any atom is -0.217 e. The Morgan fingerprint density at radius 1 is 1.33 bits per heavy atom. The van der Waals surface area contributed by atoms with E-state index in [2.05, 4.69) is 23.1 Å². The number of nitriles is 1. The molecule has 18 heavy (non-hydrogen) atoms. The van der Waals surface area contributed by atoms with E-state index in [1.807, 2.05) is 22.8 Å². The average molecular weight is 254 g/mol. The average Bonchev–Trinajstić information content (AvgIpc) is 2.96. The number of hydrogen-bond donors (Lipinski definition) is 0. The zero-order valence-corrected chi connectivity index (χ0v) is 10.6. The highest BCUT2D eigenvalue weighted by atomic mass is 32.1. The number of aromatic nitrogens is 3. The van der Waals surface area contributed by atoms with Gasteiger partial charge in [-0.2, -0.15) is 10.4 Å². The molecule has 0 spiro atoms. The van der Waals surface area contributed by atoms with Crippen LogP contribution in [0.4, 0.5) is 0 Å². The van der Waals surface area contributed by atoms with Crippen LogP contribution in [0.15, 0.2) is 30.5 Å². The SMILES string of the molecule is CCc1nn2cc(-c3ccc(C#N)cc3)nc2s1. The van der Waals surface area contributed by atoms with Crippen molar-refractivity contribution in [2.45, 2.75) is 13.3 Å². The van der Waals surface area contributed by atoms with Gasteiger partial charge in [0, 0.05) is 5.56 Å². The maximum atomic E-state index is 8.76. The summed E-state index contributed by atoms with van der Waals surface area (Å²) in [5, 5.41) is 14.3. The van der Waals surface area contributed by atoms with E-state index in [1.54, 1.807) is 23.5 Å². The van der Waals surface area contributed by atoms with Crippen molar-refractivity contribution in [2.75, 3.05) is 0 Å². The van der Waals surface area contributed by atoms with Gasteiger partial charge >= 0.3 is 0 Å². The first-order chi connectivity index (χ1) is 8.80. The normalized spacial score (nSPS) is 10.7. The van der Waals surface area contributed by atoms with Crippen molar-refractivity contribution >= 4 is 16.3 Å². The smallest absolute Gasteiger partial charge is 0.212 e. The molecule has 0 aliphatic heterocycles. The van der Waals surface area contributed by atoms with Gasteiger partial charge in [0.2, 0.25) is 4.96 Å². The summed E-state index contributed by atoms with van der Waals surface area (Å²) >= 11 is 1.61. The fraction of sp³-hybridized carbons (Fsp3) is 0.154. The molecule has 0 amide bonds. The number of fused-ring (bicyclic) bond motifs is 1. The molecule has 0 radical (unpaired) electrons. The van der Waals surface area contributed by atoms with E-state index in [0.717, 1.165) is 27.6 Å². The molecular weight excluding hydrogens is 244 g/mol. The molecule has 0 saturated heterocycles. The summed E-state index contributed by atoms with van der Waals surface area (Å²) in [6.45, 7) is 2.08. The molecule has 2 heterocycles. The molecule has 1 aromatic carbocycles. The van der Waals surface area contributed by atoms with Gasteiger partial charge < -0.3 is 0 Å². The van der Waals surface area contributed by atoms with E-state index < -0.39 is 0 Å². The first-order valence-electron chi connectivity index (χ1n) is 5.66. The van der Waals surface area contributed by atoms with Crippen LogP contribution in [0, 0.1) is 11.3 Å². The van der Waals surface area contributed by atoms with E-state index in [-0.39, 0.29) is 0 Å². The monoisotopic (exact) mass is 254 g/mol. The third-order valence-corrected chi connectivity index (χ3v) is 3.76. The highest BCUT2D eigenvalue weighted by Crippen LogP contribution is 2.22. The summed E-state index contributed by atoms with van der Waals surface area (Å²) in [5.74, 6) is 0. The van der Waals surface area contributed by atoms with Gasteiger partial charge in [-0.15, -0.1) is 0 Å². The molecule has 0 saturated carbocycles. The van der Waals surface area contributed by atoms with Crippen molar-refractivity contribution in [3.8, 4) is 17.3 Å². The predicted molar refractivity (Wildman–Crippen MR) is 70.4 cm³/mol. The number of nitrogens with zero attached hydrogens (tertiary/aromatic N) is 4. The third-order valence-electron chi connectivity index (χ3n) is 2.70. The van der Waals surface area contributed by atoms with Crippen molar-refractivity contribution in [3.63, 3.8) is 0 Å². The topological polar surface area (TPSA) is 54.0 Å². The maximum absolute atomic E-state index is 8.76. The van der Waals surface area contributed by atoms with Gasteiger partial charge in [0.1, 0.15) is 5.01 Å². The largest absolute Gasteiger partial charge is 0.217 e. The highest BCUT2D eigenvalue weighted by molar-refractivity contribution is 7.16. The van der Waals surface area contributed by atoms with Gasteiger partial charge in [-0.05, 0) is 18.6 Å². The molecule has 0 aliphatic carbocycles. The fourth-order valence-corrected chi connectivity index (χ4v) is 2.55. The second-order valence-corrected chi connectivity index (χ2v) is 4.93. The van der Waals surface area contributed by atoms with Gasteiger partial charge in [-0.3, -0.25) is 0 Å². The molecule has 0 atom stereocenters. The number of rotatable bonds is 2. The quantitative estimate of drug-likeness (QED) is 0.706. The minimum absolute atomic E-state index is 0.658. The van der Waals surface area contributed by atoms with Crippen molar-refractivity contribution in [2.24, 2.45) is 0 Å². The maximum Gasteiger partial charge on any atom is 0.212 e. The van der Waals surface area contributed by atoms with Crippen LogP contribution in [0.1, 0.15) is 17.5 Å². The summed E-state index contributed by atoms with van der Waals surface area (Å²) in [7, 11) is 0. The Hall–Kier alpha value is -2.19.